The largest absolute Gasteiger partial charge is 0.358 e. The maximum Gasteiger partial charge on any atom is 0.294 e. The Balaban J connectivity index is 1.94. The van der Waals surface area contributed by atoms with Gasteiger partial charge in [-0.2, -0.15) is 8.42 Å². The summed E-state index contributed by atoms with van der Waals surface area (Å²) in [6.07, 6.45) is 1.74. The number of anilines is 1. The molecule has 0 fully saturated rings. The normalized spacial score (nSPS) is 15.6. The van der Waals surface area contributed by atoms with Gasteiger partial charge in [-0.1, -0.05) is 18.2 Å². The molecule has 1 aliphatic heterocycles. The first-order valence-electron chi connectivity index (χ1n) is 7.57. The van der Waals surface area contributed by atoms with Crippen LogP contribution in [0, 0.1) is 6.92 Å². The van der Waals surface area contributed by atoms with Crippen molar-refractivity contribution in [3.8, 4) is 0 Å². The van der Waals surface area contributed by atoms with Crippen molar-refractivity contribution in [2.75, 3.05) is 5.32 Å². The van der Waals surface area contributed by atoms with E-state index < -0.39 is 10.1 Å². The van der Waals surface area contributed by atoms with Crippen LogP contribution in [0.2, 0.25) is 0 Å². The minimum Gasteiger partial charge on any atom is -0.358 e. The number of rotatable bonds is 2. The molecule has 2 heterocycles. The van der Waals surface area contributed by atoms with E-state index in [2.05, 4.69) is 10.3 Å². The highest BCUT2D eigenvalue weighted by molar-refractivity contribution is 7.85. The number of carbonyl (C=O) groups is 1. The molecule has 3 N–H and O–H groups in total. The summed E-state index contributed by atoms with van der Waals surface area (Å²) in [4.78, 5) is 15.4. The van der Waals surface area contributed by atoms with Crippen molar-refractivity contribution in [1.82, 2.24) is 4.98 Å². The Labute approximate surface area is 143 Å². The van der Waals surface area contributed by atoms with Crippen molar-refractivity contribution in [1.29, 1.82) is 0 Å². The van der Waals surface area contributed by atoms with E-state index in [4.69, 9.17) is 0 Å². The molecule has 7 heteroatoms. The molecule has 1 amide bonds. The molecule has 0 saturated heterocycles. The van der Waals surface area contributed by atoms with Crippen LogP contribution in [0.5, 0.6) is 0 Å². The molecule has 6 nitrogen and oxygen atoms in total. The maximum atomic E-state index is 12.4. The van der Waals surface area contributed by atoms with Crippen LogP contribution in [0.4, 0.5) is 5.69 Å². The van der Waals surface area contributed by atoms with Crippen molar-refractivity contribution in [3.63, 3.8) is 0 Å². The quantitative estimate of drug-likeness (QED) is 0.486. The fourth-order valence-corrected chi connectivity index (χ4v) is 3.61. The average Bonchev–Trinajstić information content (AvgIpc) is 3.04. The van der Waals surface area contributed by atoms with Gasteiger partial charge in [0.05, 0.1) is 4.90 Å². The second kappa shape index (κ2) is 5.30. The summed E-state index contributed by atoms with van der Waals surface area (Å²) in [5.74, 6) is -0.313. The first-order valence-corrected chi connectivity index (χ1v) is 9.01. The number of hydrogen-bond donors (Lipinski definition) is 3. The Bertz CT molecular complexity index is 1170. The van der Waals surface area contributed by atoms with Gasteiger partial charge in [0, 0.05) is 39.0 Å². The molecule has 1 aromatic heterocycles. The Hall–Kier alpha value is -2.90. The number of fused-ring (bicyclic) bond motifs is 2. The SMILES string of the molecule is Cc1[nH]c2ccccc2c1C=C1C(=O)Nc2ccc(S(=O)(=O)O)cc21. The Morgan fingerprint density at radius 2 is 1.88 bits per heavy atom. The van der Waals surface area contributed by atoms with Crippen molar-refractivity contribution in [2.45, 2.75) is 11.8 Å². The Kier molecular flexibility index (Phi) is 3.31. The van der Waals surface area contributed by atoms with E-state index in [0.717, 1.165) is 22.2 Å². The summed E-state index contributed by atoms with van der Waals surface area (Å²) in [6.45, 7) is 1.91. The molecule has 0 bridgehead atoms. The summed E-state index contributed by atoms with van der Waals surface area (Å²) < 4.78 is 32.0. The molecule has 4 rings (SSSR count). The summed E-state index contributed by atoms with van der Waals surface area (Å²) >= 11 is 0. The molecule has 0 radical (unpaired) electrons. The molecule has 3 aromatic rings. The van der Waals surface area contributed by atoms with Crippen molar-refractivity contribution in [3.05, 3.63) is 59.3 Å². The number of aromatic amines is 1. The van der Waals surface area contributed by atoms with Crippen LogP contribution in [0.25, 0.3) is 22.6 Å². The fourth-order valence-electron chi connectivity index (χ4n) is 3.10. The van der Waals surface area contributed by atoms with Crippen LogP contribution in [0.3, 0.4) is 0 Å². The highest BCUT2D eigenvalue weighted by atomic mass is 32.2. The summed E-state index contributed by atoms with van der Waals surface area (Å²) in [5, 5.41) is 3.68. The van der Waals surface area contributed by atoms with Gasteiger partial charge in [0.25, 0.3) is 16.0 Å². The predicted molar refractivity (Wildman–Crippen MR) is 95.8 cm³/mol. The van der Waals surface area contributed by atoms with E-state index in [1.807, 2.05) is 31.2 Å². The van der Waals surface area contributed by atoms with E-state index >= 15 is 0 Å². The number of carbonyl (C=O) groups excluding carboxylic acids is 1. The van der Waals surface area contributed by atoms with Gasteiger partial charge in [-0.3, -0.25) is 9.35 Å². The Morgan fingerprint density at radius 3 is 2.64 bits per heavy atom. The smallest absolute Gasteiger partial charge is 0.294 e. The van der Waals surface area contributed by atoms with E-state index in [1.165, 1.54) is 18.2 Å². The second-order valence-electron chi connectivity index (χ2n) is 5.90. The van der Waals surface area contributed by atoms with Crippen molar-refractivity contribution in [2.24, 2.45) is 0 Å². The zero-order valence-electron chi connectivity index (χ0n) is 13.2. The maximum absolute atomic E-state index is 12.4. The molecule has 0 atom stereocenters. The number of benzene rings is 2. The molecule has 1 aliphatic rings. The molecule has 126 valence electrons. The van der Waals surface area contributed by atoms with Crippen molar-refractivity contribution >= 4 is 44.3 Å². The third-order valence-corrected chi connectivity index (χ3v) is 5.15. The van der Waals surface area contributed by atoms with Crippen LogP contribution >= 0.6 is 0 Å². The van der Waals surface area contributed by atoms with Crippen LogP contribution in [0.15, 0.2) is 47.4 Å². The van der Waals surface area contributed by atoms with E-state index in [-0.39, 0.29) is 10.8 Å². The van der Waals surface area contributed by atoms with Crippen LogP contribution in [0.1, 0.15) is 16.8 Å². The summed E-state index contributed by atoms with van der Waals surface area (Å²) in [5.41, 5.74) is 4.04. The third kappa shape index (κ3) is 2.54. The van der Waals surface area contributed by atoms with Gasteiger partial charge in [0.15, 0.2) is 0 Å². The van der Waals surface area contributed by atoms with E-state index in [1.54, 1.807) is 6.08 Å². The average molecular weight is 354 g/mol. The van der Waals surface area contributed by atoms with Gasteiger partial charge in [0.1, 0.15) is 0 Å². The van der Waals surface area contributed by atoms with Gasteiger partial charge in [0.2, 0.25) is 0 Å². The number of nitrogens with one attached hydrogen (secondary N) is 2. The monoisotopic (exact) mass is 354 g/mol. The lowest BCUT2D eigenvalue weighted by Crippen LogP contribution is -2.03. The highest BCUT2D eigenvalue weighted by Gasteiger charge is 2.26. The van der Waals surface area contributed by atoms with Gasteiger partial charge in [-0.25, -0.2) is 0 Å². The molecule has 0 saturated carbocycles. The molecular formula is C18H14N2O4S. The summed E-state index contributed by atoms with van der Waals surface area (Å²) in [7, 11) is -4.34. The first-order chi connectivity index (χ1) is 11.8. The second-order valence-corrected chi connectivity index (χ2v) is 7.33. The topological polar surface area (TPSA) is 99.3 Å². The lowest BCUT2D eigenvalue weighted by molar-refractivity contribution is -0.110. The molecule has 0 aliphatic carbocycles. The molecular weight excluding hydrogens is 340 g/mol. The van der Waals surface area contributed by atoms with Crippen molar-refractivity contribution < 1.29 is 17.8 Å². The summed E-state index contributed by atoms with van der Waals surface area (Å²) in [6, 6.07) is 11.8. The van der Waals surface area contributed by atoms with Gasteiger partial charge >= 0.3 is 0 Å². The lowest BCUT2D eigenvalue weighted by Gasteiger charge is -2.02. The lowest BCUT2D eigenvalue weighted by atomic mass is 10.0. The fraction of sp³-hybridized carbons (Fsp3) is 0.0556. The zero-order chi connectivity index (χ0) is 17.8. The molecule has 2 aromatic carbocycles. The molecule has 0 unspecified atom stereocenters. The number of aromatic nitrogens is 1. The number of aryl methyl sites for hydroxylation is 1. The number of amides is 1. The Morgan fingerprint density at radius 1 is 1.12 bits per heavy atom. The molecule has 25 heavy (non-hydrogen) atoms. The first kappa shape index (κ1) is 15.6. The van der Waals surface area contributed by atoms with E-state index in [0.29, 0.717) is 16.8 Å². The molecule has 0 spiro atoms. The zero-order valence-corrected chi connectivity index (χ0v) is 14.0. The van der Waals surface area contributed by atoms with Gasteiger partial charge < -0.3 is 10.3 Å². The van der Waals surface area contributed by atoms with Gasteiger partial charge in [-0.15, -0.1) is 0 Å². The van der Waals surface area contributed by atoms with Gasteiger partial charge in [-0.05, 0) is 37.3 Å². The predicted octanol–water partition coefficient (Wildman–Crippen LogP) is 3.22. The van der Waals surface area contributed by atoms with Crippen LogP contribution < -0.4 is 5.32 Å². The third-order valence-electron chi connectivity index (χ3n) is 4.30. The van der Waals surface area contributed by atoms with Crippen LogP contribution in [-0.2, 0) is 14.9 Å². The number of hydrogen-bond acceptors (Lipinski definition) is 3. The minimum absolute atomic E-state index is 0.246. The highest BCUT2D eigenvalue weighted by Crippen LogP contribution is 2.36. The van der Waals surface area contributed by atoms with E-state index in [9.17, 15) is 17.8 Å². The number of para-hydroxylation sites is 1. The minimum atomic E-state index is -4.34. The van der Waals surface area contributed by atoms with Crippen LogP contribution in [-0.4, -0.2) is 23.9 Å². The standard InChI is InChI=1S/C18H14N2O4S/c1-10-13(12-4-2-3-5-16(12)19-10)9-15-14-8-11(25(22,23)24)6-7-17(14)20-18(15)21/h2-9,19H,1H3,(H,20,21)(H,22,23,24). The number of H-pyrrole nitrogens is 1.